The van der Waals surface area contributed by atoms with Gasteiger partial charge < -0.3 is 15.0 Å². The zero-order valence-corrected chi connectivity index (χ0v) is 16.0. The van der Waals surface area contributed by atoms with Gasteiger partial charge in [-0.15, -0.1) is 0 Å². The molecule has 2 aromatic rings. The molecule has 0 saturated carbocycles. The molecule has 0 aliphatic carbocycles. The Labute approximate surface area is 155 Å². The molecule has 1 aliphatic heterocycles. The first kappa shape index (κ1) is 18.4. The molecular formula is C21H27N3O2. The molecule has 5 nitrogen and oxygen atoms in total. The van der Waals surface area contributed by atoms with Crippen molar-refractivity contribution < 1.29 is 9.53 Å². The van der Waals surface area contributed by atoms with E-state index in [0.717, 1.165) is 48.6 Å². The fourth-order valence-corrected chi connectivity index (χ4v) is 3.26. The fourth-order valence-electron chi connectivity index (χ4n) is 3.26. The summed E-state index contributed by atoms with van der Waals surface area (Å²) in [5.41, 5.74) is 3.97. The van der Waals surface area contributed by atoms with Crippen LogP contribution in [-0.4, -0.2) is 42.7 Å². The van der Waals surface area contributed by atoms with E-state index in [1.165, 1.54) is 0 Å². The van der Waals surface area contributed by atoms with Crippen LogP contribution in [0.5, 0.6) is 0 Å². The smallest absolute Gasteiger partial charge is 0.357 e. The van der Waals surface area contributed by atoms with Crippen molar-refractivity contribution in [3.63, 3.8) is 0 Å². The molecule has 0 radical (unpaired) electrons. The van der Waals surface area contributed by atoms with Crippen molar-refractivity contribution in [3.05, 3.63) is 47.8 Å². The van der Waals surface area contributed by atoms with E-state index >= 15 is 0 Å². The van der Waals surface area contributed by atoms with Crippen LogP contribution in [0.3, 0.4) is 0 Å². The van der Waals surface area contributed by atoms with Crippen LogP contribution >= 0.6 is 0 Å². The third-order valence-corrected chi connectivity index (χ3v) is 4.40. The second-order valence-corrected chi connectivity index (χ2v) is 7.60. The molecule has 0 atom stereocenters. The molecule has 0 unspecified atom stereocenters. The number of benzene rings is 1. The monoisotopic (exact) mass is 353 g/mol. The summed E-state index contributed by atoms with van der Waals surface area (Å²) in [5, 5.41) is 3.38. The average Bonchev–Trinajstić information content (AvgIpc) is 2.61. The highest BCUT2D eigenvalue weighted by molar-refractivity contribution is 5.94. The van der Waals surface area contributed by atoms with E-state index in [-0.39, 0.29) is 5.97 Å². The maximum Gasteiger partial charge on any atom is 0.357 e. The summed E-state index contributed by atoms with van der Waals surface area (Å²) in [6.07, 6.45) is 1.80. The molecule has 26 heavy (non-hydrogen) atoms. The molecule has 0 spiro atoms. The zero-order valence-electron chi connectivity index (χ0n) is 16.0. The van der Waals surface area contributed by atoms with Gasteiger partial charge in [0.05, 0.1) is 5.69 Å². The Morgan fingerprint density at radius 2 is 1.81 bits per heavy atom. The number of ether oxygens (including phenoxy) is 1. The minimum absolute atomic E-state index is 0.369. The number of esters is 1. The minimum atomic E-state index is -0.543. The van der Waals surface area contributed by atoms with E-state index in [2.05, 4.69) is 27.3 Å². The molecule has 1 aromatic carbocycles. The first-order chi connectivity index (χ1) is 12.4. The third kappa shape index (κ3) is 4.05. The largest absolute Gasteiger partial charge is 0.455 e. The van der Waals surface area contributed by atoms with Crippen LogP contribution in [0.15, 0.2) is 36.5 Å². The summed E-state index contributed by atoms with van der Waals surface area (Å²) < 4.78 is 5.56. The molecule has 1 aliphatic rings. The maximum atomic E-state index is 12.6. The van der Waals surface area contributed by atoms with Gasteiger partial charge in [-0.05, 0) is 33.3 Å². The van der Waals surface area contributed by atoms with Gasteiger partial charge in [-0.3, -0.25) is 0 Å². The van der Waals surface area contributed by atoms with Crippen LogP contribution in [0, 0.1) is 6.92 Å². The molecule has 3 rings (SSSR count). The highest BCUT2D eigenvalue weighted by Crippen LogP contribution is 2.35. The lowest BCUT2D eigenvalue weighted by Crippen LogP contribution is -2.44. The molecule has 0 amide bonds. The first-order valence-corrected chi connectivity index (χ1v) is 9.11. The van der Waals surface area contributed by atoms with Crippen LogP contribution < -0.4 is 10.2 Å². The number of anilines is 1. The number of hydrogen-bond donors (Lipinski definition) is 1. The second-order valence-electron chi connectivity index (χ2n) is 7.60. The third-order valence-electron chi connectivity index (χ3n) is 4.40. The average molecular weight is 353 g/mol. The predicted molar refractivity (Wildman–Crippen MR) is 105 cm³/mol. The van der Waals surface area contributed by atoms with Gasteiger partial charge in [0.1, 0.15) is 5.60 Å². The summed E-state index contributed by atoms with van der Waals surface area (Å²) in [5.74, 6) is -0.369. The molecule has 1 saturated heterocycles. The lowest BCUT2D eigenvalue weighted by Gasteiger charge is -2.33. The predicted octanol–water partition coefficient (Wildman–Crippen LogP) is 3.42. The van der Waals surface area contributed by atoms with Crippen molar-refractivity contribution in [1.29, 1.82) is 0 Å². The summed E-state index contributed by atoms with van der Waals surface area (Å²) in [7, 11) is 0. The van der Waals surface area contributed by atoms with E-state index in [9.17, 15) is 4.79 Å². The molecule has 5 heteroatoms. The number of aromatic nitrogens is 1. The summed E-state index contributed by atoms with van der Waals surface area (Å²) in [4.78, 5) is 19.5. The number of pyridine rings is 1. The molecule has 1 fully saturated rings. The molecule has 0 bridgehead atoms. The number of hydrogen-bond acceptors (Lipinski definition) is 5. The van der Waals surface area contributed by atoms with Gasteiger partial charge in [-0.2, -0.15) is 0 Å². The maximum absolute atomic E-state index is 12.6. The van der Waals surface area contributed by atoms with E-state index in [1.54, 1.807) is 6.20 Å². The fraction of sp³-hybridized carbons (Fsp3) is 0.429. The summed E-state index contributed by atoms with van der Waals surface area (Å²) >= 11 is 0. The number of piperazine rings is 1. The van der Waals surface area contributed by atoms with E-state index in [1.807, 2.05) is 45.9 Å². The van der Waals surface area contributed by atoms with Gasteiger partial charge in [0.25, 0.3) is 0 Å². The SMILES string of the molecule is Cc1c(C(=O)OC(C)(C)C)ncc(-c2ccccc2)c1N1CCNCC1. The van der Waals surface area contributed by atoms with Gasteiger partial charge >= 0.3 is 5.97 Å². The minimum Gasteiger partial charge on any atom is -0.455 e. The van der Waals surface area contributed by atoms with Crippen molar-refractivity contribution in [2.45, 2.75) is 33.3 Å². The topological polar surface area (TPSA) is 54.5 Å². The van der Waals surface area contributed by atoms with Gasteiger partial charge in [-0.1, -0.05) is 30.3 Å². The van der Waals surface area contributed by atoms with Crippen LogP contribution in [0.4, 0.5) is 5.69 Å². The first-order valence-electron chi connectivity index (χ1n) is 9.11. The van der Waals surface area contributed by atoms with Gasteiger partial charge in [0.2, 0.25) is 0 Å². The zero-order chi connectivity index (χ0) is 18.7. The number of rotatable bonds is 3. The number of carbonyl (C=O) groups excluding carboxylic acids is 1. The number of nitrogens with one attached hydrogen (secondary N) is 1. The highest BCUT2D eigenvalue weighted by Gasteiger charge is 2.26. The van der Waals surface area contributed by atoms with Crippen molar-refractivity contribution >= 4 is 11.7 Å². The van der Waals surface area contributed by atoms with Crippen molar-refractivity contribution in [2.75, 3.05) is 31.1 Å². The summed E-state index contributed by atoms with van der Waals surface area (Å²) in [6, 6.07) is 10.2. The molecular weight excluding hydrogens is 326 g/mol. The van der Waals surface area contributed by atoms with Crippen molar-refractivity contribution in [2.24, 2.45) is 0 Å². The Morgan fingerprint density at radius 3 is 2.42 bits per heavy atom. The van der Waals surface area contributed by atoms with Gasteiger partial charge in [0.15, 0.2) is 5.69 Å². The van der Waals surface area contributed by atoms with E-state index < -0.39 is 5.60 Å². The van der Waals surface area contributed by atoms with E-state index in [4.69, 9.17) is 4.74 Å². The van der Waals surface area contributed by atoms with Crippen molar-refractivity contribution in [3.8, 4) is 11.1 Å². The molecule has 138 valence electrons. The Balaban J connectivity index is 2.09. The van der Waals surface area contributed by atoms with Gasteiger partial charge in [0, 0.05) is 43.5 Å². The van der Waals surface area contributed by atoms with Gasteiger partial charge in [-0.25, -0.2) is 9.78 Å². The quantitative estimate of drug-likeness (QED) is 0.857. The standard InChI is InChI=1S/C21H27N3O2/c1-15-18(20(25)26-21(2,3)4)23-14-17(16-8-6-5-7-9-16)19(15)24-12-10-22-11-13-24/h5-9,14,22H,10-13H2,1-4H3. The van der Waals surface area contributed by atoms with Crippen LogP contribution in [-0.2, 0) is 4.74 Å². The molecule has 1 N–H and O–H groups in total. The molecule has 2 heterocycles. The van der Waals surface area contributed by atoms with E-state index in [0.29, 0.717) is 5.69 Å². The lowest BCUT2D eigenvalue weighted by molar-refractivity contribution is 0.00621. The Hall–Kier alpha value is -2.40. The Morgan fingerprint density at radius 1 is 1.15 bits per heavy atom. The van der Waals surface area contributed by atoms with Crippen LogP contribution in [0.2, 0.25) is 0 Å². The second kappa shape index (κ2) is 7.46. The van der Waals surface area contributed by atoms with Crippen molar-refractivity contribution in [1.82, 2.24) is 10.3 Å². The highest BCUT2D eigenvalue weighted by atomic mass is 16.6. The number of carbonyl (C=O) groups is 1. The normalized spacial score (nSPS) is 15.0. The Bertz CT molecular complexity index is 776. The lowest BCUT2D eigenvalue weighted by atomic mass is 10.00. The Kier molecular flexibility index (Phi) is 5.28. The number of nitrogens with zero attached hydrogens (tertiary/aromatic N) is 2. The van der Waals surface area contributed by atoms with Crippen LogP contribution in [0.1, 0.15) is 36.8 Å². The summed E-state index contributed by atoms with van der Waals surface area (Å²) in [6.45, 7) is 11.2. The molecule has 1 aromatic heterocycles. The van der Waals surface area contributed by atoms with Crippen LogP contribution in [0.25, 0.3) is 11.1 Å².